The average Bonchev–Trinajstić information content (AvgIpc) is 2.43. The lowest BCUT2D eigenvalue weighted by Crippen LogP contribution is -2.19. The van der Waals surface area contributed by atoms with E-state index in [4.69, 9.17) is 15.1 Å². The van der Waals surface area contributed by atoms with Crippen molar-refractivity contribution in [1.82, 2.24) is 4.90 Å². The second kappa shape index (κ2) is 8.52. The van der Waals surface area contributed by atoms with Gasteiger partial charge >= 0.3 is 0 Å². The summed E-state index contributed by atoms with van der Waals surface area (Å²) >= 11 is 0. The molecule has 0 aliphatic rings. The van der Waals surface area contributed by atoms with E-state index in [1.807, 2.05) is 18.2 Å². The van der Waals surface area contributed by atoms with E-state index in [1.54, 1.807) is 7.11 Å². The minimum atomic E-state index is 0.272. The largest absolute Gasteiger partial charge is 0.495 e. The number of aliphatic hydroxyl groups excluding tert-OH is 1. The molecule has 0 radical (unpaired) electrons. The molecule has 0 aromatic heterocycles. The summed E-state index contributed by atoms with van der Waals surface area (Å²) in [5.41, 5.74) is 1.69. The van der Waals surface area contributed by atoms with E-state index in [-0.39, 0.29) is 6.61 Å². The Morgan fingerprint density at radius 1 is 1.32 bits per heavy atom. The number of benzene rings is 1. The highest BCUT2D eigenvalue weighted by molar-refractivity contribution is 5.45. The van der Waals surface area contributed by atoms with E-state index in [1.165, 1.54) is 0 Å². The molecule has 1 N–H and O–H groups in total. The molecule has 0 saturated heterocycles. The lowest BCUT2D eigenvalue weighted by molar-refractivity contribution is 0.271. The van der Waals surface area contributed by atoms with Crippen molar-refractivity contribution in [3.8, 4) is 11.8 Å². The van der Waals surface area contributed by atoms with E-state index in [0.717, 1.165) is 37.9 Å². The van der Waals surface area contributed by atoms with Gasteiger partial charge in [0, 0.05) is 13.2 Å². The number of nitrogens with zero attached hydrogens (tertiary/aromatic N) is 2. The number of hydrogen-bond donors (Lipinski definition) is 1. The Hall–Kier alpha value is -1.57. The van der Waals surface area contributed by atoms with Crippen LogP contribution in [0, 0.1) is 11.3 Å². The third-order valence-corrected chi connectivity index (χ3v) is 3.03. The Bertz CT molecular complexity index is 427. The standard InChI is InChI=1S/C15H22N2O2/c1-17(8-4-3-5-9-18)12-13-6-7-15(19-2)14(10-13)11-16/h6-7,10,18H,3-5,8-9,12H2,1-2H3. The van der Waals surface area contributed by atoms with E-state index in [0.29, 0.717) is 11.3 Å². The van der Waals surface area contributed by atoms with E-state index in [2.05, 4.69) is 18.0 Å². The van der Waals surface area contributed by atoms with Crippen molar-refractivity contribution >= 4 is 0 Å². The van der Waals surface area contributed by atoms with Crippen LogP contribution in [0.4, 0.5) is 0 Å². The first-order chi connectivity index (χ1) is 9.21. The van der Waals surface area contributed by atoms with Crippen molar-refractivity contribution in [2.24, 2.45) is 0 Å². The fraction of sp³-hybridized carbons (Fsp3) is 0.533. The Kier molecular flexibility index (Phi) is 6.94. The zero-order chi connectivity index (χ0) is 14.1. The smallest absolute Gasteiger partial charge is 0.136 e. The SMILES string of the molecule is COc1ccc(CN(C)CCCCCO)cc1C#N. The van der Waals surface area contributed by atoms with E-state index >= 15 is 0 Å². The zero-order valence-electron chi connectivity index (χ0n) is 11.7. The minimum Gasteiger partial charge on any atom is -0.495 e. The second-order valence-electron chi connectivity index (χ2n) is 4.67. The summed E-state index contributed by atoms with van der Waals surface area (Å²) in [5, 5.41) is 17.8. The maximum absolute atomic E-state index is 9.04. The fourth-order valence-corrected chi connectivity index (χ4v) is 2.00. The number of rotatable bonds is 8. The van der Waals surface area contributed by atoms with Gasteiger partial charge in [-0.1, -0.05) is 6.07 Å². The molecule has 0 fully saturated rings. The van der Waals surface area contributed by atoms with Crippen molar-refractivity contribution < 1.29 is 9.84 Å². The topological polar surface area (TPSA) is 56.5 Å². The second-order valence-corrected chi connectivity index (χ2v) is 4.67. The van der Waals surface area contributed by atoms with Crippen molar-refractivity contribution in [3.63, 3.8) is 0 Å². The summed E-state index contributed by atoms with van der Waals surface area (Å²) in [5.74, 6) is 0.622. The van der Waals surface area contributed by atoms with Gasteiger partial charge in [-0.3, -0.25) is 0 Å². The van der Waals surface area contributed by atoms with Gasteiger partial charge in [0.2, 0.25) is 0 Å². The predicted molar refractivity (Wildman–Crippen MR) is 75.0 cm³/mol. The molecule has 0 unspecified atom stereocenters. The van der Waals surface area contributed by atoms with Gasteiger partial charge in [0.1, 0.15) is 11.8 Å². The summed E-state index contributed by atoms with van der Waals surface area (Å²) in [6.45, 7) is 2.08. The van der Waals surface area contributed by atoms with Gasteiger partial charge in [-0.05, 0) is 50.6 Å². The third-order valence-electron chi connectivity index (χ3n) is 3.03. The first-order valence-corrected chi connectivity index (χ1v) is 6.57. The normalized spacial score (nSPS) is 10.5. The maximum Gasteiger partial charge on any atom is 0.136 e. The van der Waals surface area contributed by atoms with Crippen molar-refractivity contribution in [2.45, 2.75) is 25.8 Å². The molecule has 19 heavy (non-hydrogen) atoms. The van der Waals surface area contributed by atoms with Gasteiger partial charge in [-0.2, -0.15) is 5.26 Å². The molecule has 0 atom stereocenters. The van der Waals surface area contributed by atoms with Crippen LogP contribution in [0.15, 0.2) is 18.2 Å². The van der Waals surface area contributed by atoms with Gasteiger partial charge in [-0.15, -0.1) is 0 Å². The molecule has 4 nitrogen and oxygen atoms in total. The number of unbranched alkanes of at least 4 members (excludes halogenated alkanes) is 2. The molecule has 104 valence electrons. The van der Waals surface area contributed by atoms with Gasteiger partial charge in [0.25, 0.3) is 0 Å². The van der Waals surface area contributed by atoms with Crippen LogP contribution in [0.3, 0.4) is 0 Å². The summed E-state index contributed by atoms with van der Waals surface area (Å²) in [6.07, 6.45) is 3.00. The Labute approximate surface area is 115 Å². The number of aliphatic hydroxyl groups is 1. The summed E-state index contributed by atoms with van der Waals surface area (Å²) in [7, 11) is 3.64. The zero-order valence-corrected chi connectivity index (χ0v) is 11.7. The van der Waals surface area contributed by atoms with Crippen molar-refractivity contribution in [1.29, 1.82) is 5.26 Å². The Balaban J connectivity index is 2.50. The van der Waals surface area contributed by atoms with Crippen LogP contribution in [-0.2, 0) is 6.54 Å². The molecule has 0 bridgehead atoms. The predicted octanol–water partition coefficient (Wildman–Crippen LogP) is 2.16. The molecule has 0 amide bonds. The van der Waals surface area contributed by atoms with Crippen LogP contribution in [0.5, 0.6) is 5.75 Å². The monoisotopic (exact) mass is 262 g/mol. The number of ether oxygens (including phenoxy) is 1. The first-order valence-electron chi connectivity index (χ1n) is 6.57. The van der Waals surface area contributed by atoms with Gasteiger partial charge < -0.3 is 14.7 Å². The molecule has 0 saturated carbocycles. The quantitative estimate of drug-likeness (QED) is 0.729. The summed E-state index contributed by atoms with van der Waals surface area (Å²) < 4.78 is 5.13. The van der Waals surface area contributed by atoms with Crippen LogP contribution >= 0.6 is 0 Å². The summed E-state index contributed by atoms with van der Waals surface area (Å²) in [4.78, 5) is 2.22. The third kappa shape index (κ3) is 5.29. The van der Waals surface area contributed by atoms with Crippen molar-refractivity contribution in [3.05, 3.63) is 29.3 Å². The molecule has 0 heterocycles. The number of nitriles is 1. The van der Waals surface area contributed by atoms with Gasteiger partial charge in [-0.25, -0.2) is 0 Å². The minimum absolute atomic E-state index is 0.272. The van der Waals surface area contributed by atoms with Crippen LogP contribution in [0.25, 0.3) is 0 Å². The molecule has 4 heteroatoms. The Morgan fingerprint density at radius 2 is 2.11 bits per heavy atom. The number of hydrogen-bond acceptors (Lipinski definition) is 4. The van der Waals surface area contributed by atoms with Crippen LogP contribution in [0.1, 0.15) is 30.4 Å². The van der Waals surface area contributed by atoms with E-state index in [9.17, 15) is 0 Å². The molecular formula is C15H22N2O2. The highest BCUT2D eigenvalue weighted by atomic mass is 16.5. The number of methoxy groups -OCH3 is 1. The fourth-order valence-electron chi connectivity index (χ4n) is 2.00. The Morgan fingerprint density at radius 3 is 2.74 bits per heavy atom. The lowest BCUT2D eigenvalue weighted by atomic mass is 10.1. The molecule has 1 rings (SSSR count). The molecule has 0 aliphatic heterocycles. The van der Waals surface area contributed by atoms with E-state index < -0.39 is 0 Å². The molecule has 1 aromatic carbocycles. The van der Waals surface area contributed by atoms with Gasteiger partial charge in [0.15, 0.2) is 0 Å². The van der Waals surface area contributed by atoms with Gasteiger partial charge in [0.05, 0.1) is 12.7 Å². The molecule has 1 aromatic rings. The highest BCUT2D eigenvalue weighted by Gasteiger charge is 2.05. The lowest BCUT2D eigenvalue weighted by Gasteiger charge is -2.17. The molecule has 0 aliphatic carbocycles. The molecular weight excluding hydrogens is 240 g/mol. The van der Waals surface area contributed by atoms with Crippen molar-refractivity contribution in [2.75, 3.05) is 27.3 Å². The maximum atomic E-state index is 9.04. The highest BCUT2D eigenvalue weighted by Crippen LogP contribution is 2.19. The van der Waals surface area contributed by atoms with Crippen LogP contribution in [-0.4, -0.2) is 37.3 Å². The first kappa shape index (κ1) is 15.5. The van der Waals surface area contributed by atoms with Crippen LogP contribution < -0.4 is 4.74 Å². The van der Waals surface area contributed by atoms with Crippen LogP contribution in [0.2, 0.25) is 0 Å². The summed E-state index contributed by atoms with van der Waals surface area (Å²) in [6, 6.07) is 7.86. The average molecular weight is 262 g/mol. The molecule has 0 spiro atoms.